The average molecular weight is 168 g/mol. The van der Waals surface area contributed by atoms with E-state index in [9.17, 15) is 9.67 Å². The molecule has 0 heterocycles. The predicted molar refractivity (Wildman–Crippen MR) is 37.8 cm³/mol. The maximum Gasteiger partial charge on any atom is 0.319 e. The normalized spacial score (nSPS) is 15.2. The number of hydrogen-bond acceptors (Lipinski definition) is 3. The van der Waals surface area contributed by atoms with Crippen molar-refractivity contribution in [3.05, 3.63) is 0 Å². The van der Waals surface area contributed by atoms with Crippen LogP contribution in [0.15, 0.2) is 0 Å². The molecule has 0 aliphatic heterocycles. The molecular formula is C5H13O4P. The van der Waals surface area contributed by atoms with Gasteiger partial charge in [0.15, 0.2) is 5.79 Å². The fraction of sp³-hybridized carbons (Fsp3) is 1.00. The second-order valence-electron chi connectivity index (χ2n) is 2.02. The lowest BCUT2D eigenvalue weighted by Crippen LogP contribution is -2.27. The summed E-state index contributed by atoms with van der Waals surface area (Å²) in [5.74, 6) is -1.41. The highest BCUT2D eigenvalue weighted by Gasteiger charge is 2.24. The summed E-state index contributed by atoms with van der Waals surface area (Å²) in [6, 6.07) is 0. The first-order valence-corrected chi connectivity index (χ1v) is 4.44. The molecule has 10 heavy (non-hydrogen) atoms. The molecule has 0 aliphatic rings. The second-order valence-corrected chi connectivity index (χ2v) is 2.76. The lowest BCUT2D eigenvalue weighted by atomic mass is 10.2. The molecule has 5 heteroatoms. The van der Waals surface area contributed by atoms with Crippen LogP contribution in [0, 0.1) is 0 Å². The molecule has 0 aromatic carbocycles. The van der Waals surface area contributed by atoms with Crippen LogP contribution in [-0.4, -0.2) is 15.8 Å². The number of hydrogen-bond donors (Lipinski definition) is 2. The first-order chi connectivity index (χ1) is 4.54. The fourth-order valence-corrected chi connectivity index (χ4v) is 1.17. The van der Waals surface area contributed by atoms with E-state index >= 15 is 0 Å². The molecule has 0 aromatic heterocycles. The Hall–Kier alpha value is 0.110. The zero-order valence-corrected chi connectivity index (χ0v) is 7.13. The summed E-state index contributed by atoms with van der Waals surface area (Å²) in [4.78, 5) is 8.31. The SMILES string of the molecule is CCC(O)(CC)O[PH](=O)O. The van der Waals surface area contributed by atoms with Crippen molar-refractivity contribution >= 4 is 8.25 Å². The number of rotatable bonds is 4. The standard InChI is InChI=1S/C5H13O4P/c1-3-5(6,4-2)9-10(7)8/h6,10H,3-4H2,1-2H3,(H,7,8). The van der Waals surface area contributed by atoms with E-state index in [0.717, 1.165) is 0 Å². The molecule has 2 N–H and O–H groups in total. The topological polar surface area (TPSA) is 66.8 Å². The summed E-state index contributed by atoms with van der Waals surface area (Å²) in [6.45, 7) is 3.38. The maximum atomic E-state index is 10.1. The van der Waals surface area contributed by atoms with Gasteiger partial charge in [0.2, 0.25) is 0 Å². The van der Waals surface area contributed by atoms with Crippen LogP contribution < -0.4 is 0 Å². The molecule has 0 spiro atoms. The highest BCUT2D eigenvalue weighted by Crippen LogP contribution is 2.28. The lowest BCUT2D eigenvalue weighted by Gasteiger charge is -2.22. The Labute approximate surface area is 60.8 Å². The Morgan fingerprint density at radius 2 is 1.90 bits per heavy atom. The molecule has 0 fully saturated rings. The Kier molecular flexibility index (Phi) is 4.13. The van der Waals surface area contributed by atoms with Crippen molar-refractivity contribution in [2.75, 3.05) is 0 Å². The summed E-state index contributed by atoms with van der Waals surface area (Å²) in [6.07, 6.45) is 0.640. The van der Waals surface area contributed by atoms with Crippen LogP contribution in [0.3, 0.4) is 0 Å². The minimum absolute atomic E-state index is 0.320. The van der Waals surface area contributed by atoms with Gasteiger partial charge in [-0.2, -0.15) is 0 Å². The van der Waals surface area contributed by atoms with E-state index in [1.165, 1.54) is 0 Å². The average Bonchev–Trinajstić information content (AvgIpc) is 1.87. The van der Waals surface area contributed by atoms with Crippen molar-refractivity contribution in [1.82, 2.24) is 0 Å². The van der Waals surface area contributed by atoms with E-state index in [1.54, 1.807) is 13.8 Å². The quantitative estimate of drug-likeness (QED) is 0.483. The molecule has 4 nitrogen and oxygen atoms in total. The third-order valence-electron chi connectivity index (χ3n) is 1.38. The third-order valence-corrected chi connectivity index (χ3v) is 1.94. The summed E-state index contributed by atoms with van der Waals surface area (Å²) in [5.41, 5.74) is 0. The minimum atomic E-state index is -3.02. The van der Waals surface area contributed by atoms with Gasteiger partial charge in [-0.1, -0.05) is 13.8 Å². The molecule has 0 amide bonds. The van der Waals surface area contributed by atoms with Crippen molar-refractivity contribution in [3.63, 3.8) is 0 Å². The lowest BCUT2D eigenvalue weighted by molar-refractivity contribution is -0.141. The van der Waals surface area contributed by atoms with Crippen LogP contribution in [-0.2, 0) is 9.09 Å². The fourth-order valence-electron chi connectivity index (χ4n) is 0.557. The van der Waals surface area contributed by atoms with E-state index in [0.29, 0.717) is 12.8 Å². The molecule has 1 atom stereocenters. The van der Waals surface area contributed by atoms with Crippen LogP contribution in [0.1, 0.15) is 26.7 Å². The van der Waals surface area contributed by atoms with Crippen molar-refractivity contribution in [2.24, 2.45) is 0 Å². The molecular weight excluding hydrogens is 155 g/mol. The van der Waals surface area contributed by atoms with E-state index in [-0.39, 0.29) is 0 Å². The van der Waals surface area contributed by atoms with Gasteiger partial charge in [0, 0.05) is 0 Å². The van der Waals surface area contributed by atoms with E-state index < -0.39 is 14.0 Å². The van der Waals surface area contributed by atoms with E-state index in [1.807, 2.05) is 0 Å². The molecule has 0 saturated heterocycles. The molecule has 0 aromatic rings. The van der Waals surface area contributed by atoms with Gasteiger partial charge in [-0.05, 0) is 12.8 Å². The first-order valence-electron chi connectivity index (χ1n) is 3.18. The zero-order chi connectivity index (χ0) is 8.20. The van der Waals surface area contributed by atoms with Crippen molar-refractivity contribution in [2.45, 2.75) is 32.5 Å². The third kappa shape index (κ3) is 3.32. The van der Waals surface area contributed by atoms with Crippen LogP contribution in [0.2, 0.25) is 0 Å². The molecule has 0 bridgehead atoms. The van der Waals surface area contributed by atoms with Crippen molar-refractivity contribution in [1.29, 1.82) is 0 Å². The molecule has 0 radical (unpaired) electrons. The molecule has 0 aliphatic carbocycles. The van der Waals surface area contributed by atoms with Crippen molar-refractivity contribution in [3.8, 4) is 0 Å². The Balaban J connectivity index is 3.92. The van der Waals surface area contributed by atoms with Gasteiger partial charge in [0.1, 0.15) is 0 Å². The highest BCUT2D eigenvalue weighted by atomic mass is 31.1. The summed E-state index contributed by atoms with van der Waals surface area (Å²) in [7, 11) is -3.02. The Bertz CT molecular complexity index is 121. The van der Waals surface area contributed by atoms with E-state index in [2.05, 4.69) is 4.52 Å². The van der Waals surface area contributed by atoms with Crippen LogP contribution in [0.4, 0.5) is 0 Å². The van der Waals surface area contributed by atoms with Gasteiger partial charge in [-0.25, -0.2) is 0 Å². The van der Waals surface area contributed by atoms with Crippen LogP contribution >= 0.6 is 8.25 Å². The molecule has 0 rings (SSSR count). The zero-order valence-electron chi connectivity index (χ0n) is 6.13. The van der Waals surface area contributed by atoms with Gasteiger partial charge in [-0.3, -0.25) is 9.09 Å². The van der Waals surface area contributed by atoms with Crippen LogP contribution in [0.25, 0.3) is 0 Å². The first kappa shape index (κ1) is 10.1. The van der Waals surface area contributed by atoms with E-state index in [4.69, 9.17) is 4.89 Å². The summed E-state index contributed by atoms with van der Waals surface area (Å²) in [5, 5.41) is 9.24. The Morgan fingerprint density at radius 1 is 1.50 bits per heavy atom. The largest absolute Gasteiger partial charge is 0.365 e. The van der Waals surface area contributed by atoms with Crippen LogP contribution in [0.5, 0.6) is 0 Å². The molecule has 1 unspecified atom stereocenters. The predicted octanol–water partition coefficient (Wildman–Crippen LogP) is 0.894. The summed E-state index contributed by atoms with van der Waals surface area (Å²) >= 11 is 0. The van der Waals surface area contributed by atoms with Gasteiger partial charge < -0.3 is 10.00 Å². The minimum Gasteiger partial charge on any atom is -0.365 e. The Morgan fingerprint density at radius 3 is 2.00 bits per heavy atom. The summed E-state index contributed by atoms with van der Waals surface area (Å²) < 4.78 is 14.5. The number of aliphatic hydroxyl groups is 1. The molecule has 62 valence electrons. The van der Waals surface area contributed by atoms with Crippen molar-refractivity contribution < 1.29 is 19.1 Å². The second kappa shape index (κ2) is 4.09. The van der Waals surface area contributed by atoms with Gasteiger partial charge >= 0.3 is 8.25 Å². The maximum absolute atomic E-state index is 10.1. The van der Waals surface area contributed by atoms with Gasteiger partial charge in [-0.15, -0.1) is 0 Å². The highest BCUT2D eigenvalue weighted by molar-refractivity contribution is 7.32. The van der Waals surface area contributed by atoms with Gasteiger partial charge in [0.05, 0.1) is 0 Å². The smallest absolute Gasteiger partial charge is 0.319 e. The van der Waals surface area contributed by atoms with Gasteiger partial charge in [0.25, 0.3) is 0 Å². The molecule has 0 saturated carbocycles. The monoisotopic (exact) mass is 168 g/mol.